The quantitative estimate of drug-likeness (QED) is 0.838. The topological polar surface area (TPSA) is 66.5 Å². The van der Waals surface area contributed by atoms with Crippen LogP contribution in [0.1, 0.15) is 43.0 Å². The van der Waals surface area contributed by atoms with E-state index in [0.717, 1.165) is 25.7 Å². The van der Waals surface area contributed by atoms with Crippen molar-refractivity contribution in [3.8, 4) is 0 Å². The predicted octanol–water partition coefficient (Wildman–Crippen LogP) is 4.03. The molecular formula is C20H23FN2O3S. The van der Waals surface area contributed by atoms with Crippen LogP contribution in [-0.4, -0.2) is 31.2 Å². The molecule has 1 N–H and O–H groups in total. The molecule has 0 aliphatic carbocycles. The molecule has 3 rings (SSSR count). The average molecular weight is 390 g/mol. The number of hydrogen-bond acceptors (Lipinski definition) is 3. The van der Waals surface area contributed by atoms with E-state index in [2.05, 4.69) is 5.32 Å². The zero-order valence-corrected chi connectivity index (χ0v) is 16.0. The van der Waals surface area contributed by atoms with E-state index < -0.39 is 21.7 Å². The summed E-state index contributed by atoms with van der Waals surface area (Å²) in [6.45, 7) is 2.53. The van der Waals surface area contributed by atoms with E-state index in [1.807, 2.05) is 6.92 Å². The zero-order valence-electron chi connectivity index (χ0n) is 15.2. The van der Waals surface area contributed by atoms with Crippen molar-refractivity contribution >= 4 is 21.6 Å². The first-order chi connectivity index (χ1) is 12.9. The first kappa shape index (κ1) is 19.5. The Kier molecular flexibility index (Phi) is 5.92. The lowest BCUT2D eigenvalue weighted by Gasteiger charge is -2.34. The SMILES string of the molecule is CCC1CCCCN1S(=O)(=O)c1ccc(C(=O)Nc2cccc(F)c2)cc1. The summed E-state index contributed by atoms with van der Waals surface area (Å²) in [5.74, 6) is -0.866. The van der Waals surface area contributed by atoms with Gasteiger partial charge in [-0.3, -0.25) is 4.79 Å². The van der Waals surface area contributed by atoms with Crippen LogP contribution in [0.2, 0.25) is 0 Å². The van der Waals surface area contributed by atoms with Crippen LogP contribution in [-0.2, 0) is 10.0 Å². The number of benzene rings is 2. The van der Waals surface area contributed by atoms with Gasteiger partial charge in [0.1, 0.15) is 5.82 Å². The van der Waals surface area contributed by atoms with E-state index in [9.17, 15) is 17.6 Å². The lowest BCUT2D eigenvalue weighted by atomic mass is 10.0. The fraction of sp³-hybridized carbons (Fsp3) is 0.350. The van der Waals surface area contributed by atoms with Crippen LogP contribution < -0.4 is 5.32 Å². The second-order valence-corrected chi connectivity index (χ2v) is 8.55. The molecule has 5 nitrogen and oxygen atoms in total. The van der Waals surface area contributed by atoms with E-state index in [1.54, 1.807) is 10.4 Å². The van der Waals surface area contributed by atoms with Gasteiger partial charge in [-0.1, -0.05) is 19.4 Å². The van der Waals surface area contributed by atoms with Crippen LogP contribution in [0.15, 0.2) is 53.4 Å². The van der Waals surface area contributed by atoms with Gasteiger partial charge < -0.3 is 5.32 Å². The number of sulfonamides is 1. The molecule has 1 amide bonds. The van der Waals surface area contributed by atoms with Crippen LogP contribution in [0.5, 0.6) is 0 Å². The van der Waals surface area contributed by atoms with E-state index in [-0.39, 0.29) is 10.9 Å². The Hall–Kier alpha value is -2.25. The number of halogens is 1. The third-order valence-corrected chi connectivity index (χ3v) is 6.82. The molecule has 1 unspecified atom stereocenters. The maximum Gasteiger partial charge on any atom is 0.255 e. The number of anilines is 1. The van der Waals surface area contributed by atoms with Gasteiger partial charge in [-0.15, -0.1) is 0 Å². The van der Waals surface area contributed by atoms with Crippen LogP contribution in [0.3, 0.4) is 0 Å². The second kappa shape index (κ2) is 8.19. The highest BCUT2D eigenvalue weighted by atomic mass is 32.2. The van der Waals surface area contributed by atoms with Crippen molar-refractivity contribution in [1.29, 1.82) is 0 Å². The van der Waals surface area contributed by atoms with Gasteiger partial charge in [0, 0.05) is 23.8 Å². The van der Waals surface area contributed by atoms with Crippen molar-refractivity contribution in [1.82, 2.24) is 4.31 Å². The van der Waals surface area contributed by atoms with Crippen LogP contribution in [0, 0.1) is 5.82 Å². The molecule has 0 spiro atoms. The standard InChI is InChI=1S/C20H23FN2O3S/c1-2-18-8-3-4-13-23(18)27(25,26)19-11-9-15(10-12-19)20(24)22-17-7-5-6-16(21)14-17/h5-7,9-12,14,18H,2-4,8,13H2,1H3,(H,22,24). The van der Waals surface area contributed by atoms with Gasteiger partial charge in [-0.25, -0.2) is 12.8 Å². The van der Waals surface area contributed by atoms with Crippen molar-refractivity contribution in [2.24, 2.45) is 0 Å². The van der Waals surface area contributed by atoms with Crippen molar-refractivity contribution < 1.29 is 17.6 Å². The highest BCUT2D eigenvalue weighted by molar-refractivity contribution is 7.89. The average Bonchev–Trinajstić information content (AvgIpc) is 2.68. The molecular weight excluding hydrogens is 367 g/mol. The first-order valence-corrected chi connectivity index (χ1v) is 10.5. The maximum atomic E-state index is 13.2. The lowest BCUT2D eigenvalue weighted by Crippen LogP contribution is -2.43. The molecule has 7 heteroatoms. The number of rotatable bonds is 5. The van der Waals surface area contributed by atoms with E-state index in [4.69, 9.17) is 0 Å². The Morgan fingerprint density at radius 2 is 1.93 bits per heavy atom. The van der Waals surface area contributed by atoms with E-state index >= 15 is 0 Å². The fourth-order valence-electron chi connectivity index (χ4n) is 3.38. The molecule has 1 aliphatic heterocycles. The van der Waals surface area contributed by atoms with Crippen molar-refractivity contribution in [3.63, 3.8) is 0 Å². The molecule has 1 heterocycles. The van der Waals surface area contributed by atoms with Gasteiger partial charge in [0.25, 0.3) is 5.91 Å². The van der Waals surface area contributed by atoms with Crippen molar-refractivity contribution in [3.05, 3.63) is 59.9 Å². The highest BCUT2D eigenvalue weighted by Gasteiger charge is 2.32. The van der Waals surface area contributed by atoms with E-state index in [0.29, 0.717) is 17.8 Å². The molecule has 1 aliphatic rings. The number of nitrogens with zero attached hydrogens (tertiary/aromatic N) is 1. The summed E-state index contributed by atoms with van der Waals surface area (Å²) in [4.78, 5) is 12.5. The predicted molar refractivity (Wildman–Crippen MR) is 103 cm³/mol. The number of amides is 1. The number of nitrogens with one attached hydrogen (secondary N) is 1. The number of hydrogen-bond donors (Lipinski definition) is 1. The molecule has 1 saturated heterocycles. The first-order valence-electron chi connectivity index (χ1n) is 9.10. The fourth-order valence-corrected chi connectivity index (χ4v) is 5.15. The van der Waals surface area contributed by atoms with Crippen LogP contribution >= 0.6 is 0 Å². The molecule has 27 heavy (non-hydrogen) atoms. The second-order valence-electron chi connectivity index (χ2n) is 6.66. The number of carbonyl (C=O) groups is 1. The van der Waals surface area contributed by atoms with Gasteiger partial charge in [-0.05, 0) is 61.7 Å². The molecule has 0 radical (unpaired) electrons. The van der Waals surface area contributed by atoms with Gasteiger partial charge in [0.15, 0.2) is 0 Å². The monoisotopic (exact) mass is 390 g/mol. The molecule has 0 aromatic heterocycles. The van der Waals surface area contributed by atoms with Crippen molar-refractivity contribution in [2.45, 2.75) is 43.5 Å². The van der Waals surface area contributed by atoms with E-state index in [1.165, 1.54) is 42.5 Å². The molecule has 144 valence electrons. The van der Waals surface area contributed by atoms with Gasteiger partial charge in [0.05, 0.1) is 4.90 Å². The van der Waals surface area contributed by atoms with Gasteiger partial charge in [0.2, 0.25) is 10.0 Å². The van der Waals surface area contributed by atoms with Crippen molar-refractivity contribution in [2.75, 3.05) is 11.9 Å². The normalized spacial score (nSPS) is 18.2. The number of piperidine rings is 1. The zero-order chi connectivity index (χ0) is 19.4. The molecule has 1 fully saturated rings. The summed E-state index contributed by atoms with van der Waals surface area (Å²) in [7, 11) is -3.58. The molecule has 1 atom stereocenters. The smallest absolute Gasteiger partial charge is 0.255 e. The third kappa shape index (κ3) is 4.36. The Balaban J connectivity index is 1.77. The lowest BCUT2D eigenvalue weighted by molar-refractivity contribution is 0.102. The van der Waals surface area contributed by atoms with Crippen LogP contribution in [0.25, 0.3) is 0 Å². The van der Waals surface area contributed by atoms with Crippen LogP contribution in [0.4, 0.5) is 10.1 Å². The minimum absolute atomic E-state index is 0.0275. The Labute approximate surface area is 159 Å². The largest absolute Gasteiger partial charge is 0.322 e. The van der Waals surface area contributed by atoms with Gasteiger partial charge in [-0.2, -0.15) is 4.31 Å². The Morgan fingerprint density at radius 3 is 2.59 bits per heavy atom. The summed E-state index contributed by atoms with van der Waals surface area (Å²) in [5, 5.41) is 2.60. The summed E-state index contributed by atoms with van der Waals surface area (Å²) in [6.07, 6.45) is 3.57. The number of carbonyl (C=O) groups excluding carboxylic acids is 1. The maximum absolute atomic E-state index is 13.2. The molecule has 2 aromatic carbocycles. The Bertz CT molecular complexity index is 913. The summed E-state index contributed by atoms with van der Waals surface area (Å²) in [5.41, 5.74) is 0.652. The molecule has 0 bridgehead atoms. The molecule has 2 aromatic rings. The Morgan fingerprint density at radius 1 is 1.19 bits per heavy atom. The third-order valence-electron chi connectivity index (χ3n) is 4.85. The highest BCUT2D eigenvalue weighted by Crippen LogP contribution is 2.27. The van der Waals surface area contributed by atoms with Gasteiger partial charge >= 0.3 is 0 Å². The minimum atomic E-state index is -3.58. The molecule has 0 saturated carbocycles. The summed E-state index contributed by atoms with van der Waals surface area (Å²) < 4.78 is 40.7. The summed E-state index contributed by atoms with van der Waals surface area (Å²) >= 11 is 0. The summed E-state index contributed by atoms with van der Waals surface area (Å²) in [6, 6.07) is 11.5. The minimum Gasteiger partial charge on any atom is -0.322 e.